The Hall–Kier alpha value is -0.160. The molecule has 90 valence electrons. The Morgan fingerprint density at radius 2 is 2.12 bits per heavy atom. The molecule has 1 nitrogen and oxygen atoms in total. The molecule has 0 bridgehead atoms. The molecule has 0 fully saturated rings. The molecule has 1 unspecified atom stereocenters. The maximum Gasteiger partial charge on any atom is 0.0306 e. The zero-order chi connectivity index (χ0) is 12.3. The van der Waals surface area contributed by atoms with Crippen LogP contribution in [0.3, 0.4) is 0 Å². The van der Waals surface area contributed by atoms with Crippen molar-refractivity contribution in [3.8, 4) is 0 Å². The minimum atomic E-state index is 0.333. The summed E-state index contributed by atoms with van der Waals surface area (Å²) >= 11 is 8.85. The number of nitrogens with one attached hydrogen (secondary N) is 1. The second kappa shape index (κ2) is 6.14. The molecule has 2 rings (SSSR count). The van der Waals surface area contributed by atoms with E-state index >= 15 is 0 Å². The maximum absolute atomic E-state index is 3.60. The molecule has 0 spiro atoms. The number of hydrogen-bond donors (Lipinski definition) is 1. The van der Waals surface area contributed by atoms with Gasteiger partial charge in [0.1, 0.15) is 0 Å². The molecular formula is C13H13Br2NS. The highest BCUT2D eigenvalue weighted by molar-refractivity contribution is 9.11. The molecule has 0 aliphatic heterocycles. The average molecular weight is 375 g/mol. The van der Waals surface area contributed by atoms with Gasteiger partial charge in [0, 0.05) is 26.4 Å². The molecule has 1 atom stereocenters. The summed E-state index contributed by atoms with van der Waals surface area (Å²) in [5.74, 6) is 0. The van der Waals surface area contributed by atoms with Gasteiger partial charge in [-0.05, 0) is 36.1 Å². The Labute approximate surface area is 123 Å². The Bertz CT molecular complexity index is 482. The molecule has 1 aromatic heterocycles. The Balaban J connectivity index is 2.01. The van der Waals surface area contributed by atoms with Crippen LogP contribution >= 0.6 is 43.2 Å². The predicted molar refractivity (Wildman–Crippen MR) is 81.4 cm³/mol. The molecule has 0 aliphatic rings. The minimum absolute atomic E-state index is 0.333. The van der Waals surface area contributed by atoms with E-state index in [4.69, 9.17) is 0 Å². The van der Waals surface area contributed by atoms with Crippen LogP contribution in [-0.2, 0) is 6.54 Å². The Morgan fingerprint density at radius 3 is 2.76 bits per heavy atom. The topological polar surface area (TPSA) is 12.0 Å². The van der Waals surface area contributed by atoms with E-state index in [2.05, 4.69) is 79.8 Å². The Kier molecular flexibility index (Phi) is 4.79. The summed E-state index contributed by atoms with van der Waals surface area (Å²) < 4.78 is 2.23. The zero-order valence-corrected chi connectivity index (χ0v) is 13.4. The molecule has 0 radical (unpaired) electrons. The van der Waals surface area contributed by atoms with Gasteiger partial charge in [-0.15, -0.1) is 11.3 Å². The molecule has 0 saturated heterocycles. The van der Waals surface area contributed by atoms with E-state index < -0.39 is 0 Å². The van der Waals surface area contributed by atoms with E-state index in [1.54, 1.807) is 11.3 Å². The van der Waals surface area contributed by atoms with Crippen molar-refractivity contribution in [3.05, 3.63) is 55.1 Å². The molecule has 0 saturated carbocycles. The van der Waals surface area contributed by atoms with Gasteiger partial charge in [0.05, 0.1) is 0 Å². The van der Waals surface area contributed by atoms with E-state index in [0.717, 1.165) is 15.5 Å². The molecular weight excluding hydrogens is 362 g/mol. The standard InChI is InChI=1S/C13H13Br2NS/c1-9(16-8-11-3-2-6-17-11)12-5-4-10(14)7-13(12)15/h2-7,9,16H,8H2,1H3. The van der Waals surface area contributed by atoms with E-state index in [0.29, 0.717) is 6.04 Å². The summed E-state index contributed by atoms with van der Waals surface area (Å²) in [7, 11) is 0. The first-order chi connectivity index (χ1) is 8.16. The third-order valence-electron chi connectivity index (χ3n) is 2.59. The molecule has 4 heteroatoms. The number of hydrogen-bond acceptors (Lipinski definition) is 2. The molecule has 1 aromatic carbocycles. The van der Waals surface area contributed by atoms with Crippen molar-refractivity contribution in [3.63, 3.8) is 0 Å². The van der Waals surface area contributed by atoms with Crippen molar-refractivity contribution in [1.29, 1.82) is 0 Å². The van der Waals surface area contributed by atoms with E-state index in [9.17, 15) is 0 Å². The van der Waals surface area contributed by atoms with E-state index in [-0.39, 0.29) is 0 Å². The van der Waals surface area contributed by atoms with Gasteiger partial charge in [0.2, 0.25) is 0 Å². The lowest BCUT2D eigenvalue weighted by Gasteiger charge is -2.15. The molecule has 17 heavy (non-hydrogen) atoms. The predicted octanol–water partition coefficient (Wildman–Crippen LogP) is 5.12. The fourth-order valence-electron chi connectivity index (χ4n) is 1.63. The van der Waals surface area contributed by atoms with Crippen LogP contribution < -0.4 is 5.32 Å². The quantitative estimate of drug-likeness (QED) is 0.782. The van der Waals surface area contributed by atoms with Crippen LogP contribution in [0, 0.1) is 0 Å². The van der Waals surface area contributed by atoms with Crippen LogP contribution in [0.5, 0.6) is 0 Å². The first-order valence-corrected chi connectivity index (χ1v) is 7.84. The van der Waals surface area contributed by atoms with Crippen LogP contribution in [0.15, 0.2) is 44.7 Å². The lowest BCUT2D eigenvalue weighted by Crippen LogP contribution is -2.17. The van der Waals surface area contributed by atoms with Crippen molar-refractivity contribution in [2.75, 3.05) is 0 Å². The lowest BCUT2D eigenvalue weighted by molar-refractivity contribution is 0.577. The van der Waals surface area contributed by atoms with E-state index in [1.807, 2.05) is 0 Å². The van der Waals surface area contributed by atoms with Gasteiger partial charge in [-0.1, -0.05) is 44.0 Å². The van der Waals surface area contributed by atoms with Gasteiger partial charge in [-0.25, -0.2) is 0 Å². The van der Waals surface area contributed by atoms with Crippen molar-refractivity contribution >= 4 is 43.2 Å². The minimum Gasteiger partial charge on any atom is -0.305 e. The summed E-state index contributed by atoms with van der Waals surface area (Å²) in [6.07, 6.45) is 0. The molecule has 0 amide bonds. The third kappa shape index (κ3) is 3.65. The first kappa shape index (κ1) is 13.3. The SMILES string of the molecule is CC(NCc1cccs1)c1ccc(Br)cc1Br. The maximum atomic E-state index is 3.60. The fraction of sp³-hybridized carbons (Fsp3) is 0.231. The number of thiophene rings is 1. The number of rotatable bonds is 4. The molecule has 1 N–H and O–H groups in total. The van der Waals surface area contributed by atoms with E-state index in [1.165, 1.54) is 10.4 Å². The largest absolute Gasteiger partial charge is 0.305 e. The average Bonchev–Trinajstić information content (AvgIpc) is 2.78. The van der Waals surface area contributed by atoms with Crippen molar-refractivity contribution in [1.82, 2.24) is 5.32 Å². The second-order valence-corrected chi connectivity index (χ2v) is 6.65. The summed E-state index contributed by atoms with van der Waals surface area (Å²) in [6.45, 7) is 3.10. The van der Waals surface area contributed by atoms with Crippen LogP contribution in [0.2, 0.25) is 0 Å². The second-order valence-electron chi connectivity index (χ2n) is 3.85. The molecule has 1 heterocycles. The van der Waals surface area contributed by atoms with Gasteiger partial charge < -0.3 is 5.32 Å². The monoisotopic (exact) mass is 373 g/mol. The highest BCUT2D eigenvalue weighted by Crippen LogP contribution is 2.27. The molecule has 0 aliphatic carbocycles. The van der Waals surface area contributed by atoms with Gasteiger partial charge in [-0.2, -0.15) is 0 Å². The summed E-state index contributed by atoms with van der Waals surface area (Å²) in [6, 6.07) is 10.9. The van der Waals surface area contributed by atoms with Crippen molar-refractivity contribution < 1.29 is 0 Å². The smallest absolute Gasteiger partial charge is 0.0306 e. The van der Waals surface area contributed by atoms with Crippen LogP contribution in [0.4, 0.5) is 0 Å². The first-order valence-electron chi connectivity index (χ1n) is 5.37. The number of benzene rings is 1. The van der Waals surface area contributed by atoms with Gasteiger partial charge in [0.15, 0.2) is 0 Å². The summed E-state index contributed by atoms with van der Waals surface area (Å²) in [4.78, 5) is 1.37. The highest BCUT2D eigenvalue weighted by atomic mass is 79.9. The van der Waals surface area contributed by atoms with Gasteiger partial charge in [0.25, 0.3) is 0 Å². The van der Waals surface area contributed by atoms with Crippen LogP contribution in [-0.4, -0.2) is 0 Å². The van der Waals surface area contributed by atoms with Crippen molar-refractivity contribution in [2.45, 2.75) is 19.5 Å². The Morgan fingerprint density at radius 1 is 1.29 bits per heavy atom. The normalized spacial score (nSPS) is 12.6. The fourth-order valence-corrected chi connectivity index (χ4v) is 3.68. The highest BCUT2D eigenvalue weighted by Gasteiger charge is 2.09. The molecule has 2 aromatic rings. The third-order valence-corrected chi connectivity index (χ3v) is 4.65. The van der Waals surface area contributed by atoms with Crippen molar-refractivity contribution in [2.24, 2.45) is 0 Å². The lowest BCUT2D eigenvalue weighted by atomic mass is 10.1. The van der Waals surface area contributed by atoms with Crippen LogP contribution in [0.1, 0.15) is 23.4 Å². The van der Waals surface area contributed by atoms with Crippen LogP contribution in [0.25, 0.3) is 0 Å². The zero-order valence-electron chi connectivity index (χ0n) is 9.41. The summed E-state index contributed by atoms with van der Waals surface area (Å²) in [5, 5.41) is 5.64. The van der Waals surface area contributed by atoms with Gasteiger partial charge in [-0.3, -0.25) is 0 Å². The number of halogens is 2. The van der Waals surface area contributed by atoms with Gasteiger partial charge >= 0.3 is 0 Å². The summed E-state index contributed by atoms with van der Waals surface area (Å²) in [5.41, 5.74) is 1.28.